The molecule has 1 aromatic heterocycles. The normalized spacial score (nSPS) is 19.9. The molecule has 20 heavy (non-hydrogen) atoms. The number of hydrogen-bond donors (Lipinski definition) is 3. The third kappa shape index (κ3) is 4.82. The highest BCUT2D eigenvalue weighted by atomic mass is 32.1. The van der Waals surface area contributed by atoms with Gasteiger partial charge in [0.05, 0.1) is 25.9 Å². The topological polar surface area (TPSA) is 61.7 Å². The zero-order valence-corrected chi connectivity index (χ0v) is 12.7. The van der Waals surface area contributed by atoms with Crippen LogP contribution in [0.15, 0.2) is 17.5 Å². The van der Waals surface area contributed by atoms with Gasteiger partial charge in [-0.25, -0.2) is 0 Å². The molecule has 0 radical (unpaired) electrons. The molecule has 0 saturated heterocycles. The first kappa shape index (κ1) is 15.9. The maximum Gasteiger partial charge on any atom is 0.0898 e. The summed E-state index contributed by atoms with van der Waals surface area (Å²) in [5.74, 6) is 0. The Kier molecular flexibility index (Phi) is 6.45. The van der Waals surface area contributed by atoms with Crippen LogP contribution in [-0.4, -0.2) is 41.6 Å². The smallest absolute Gasteiger partial charge is 0.0898 e. The van der Waals surface area contributed by atoms with Crippen LogP contribution in [0, 0.1) is 0 Å². The highest BCUT2D eigenvalue weighted by molar-refractivity contribution is 7.09. The molecule has 1 heterocycles. The maximum atomic E-state index is 9.95. The van der Waals surface area contributed by atoms with Crippen molar-refractivity contribution in [2.45, 2.75) is 50.4 Å². The second-order valence-corrected chi connectivity index (χ2v) is 6.66. The Bertz CT molecular complexity index is 363. The Hall–Kier alpha value is -0.460. The first-order valence-corrected chi connectivity index (χ1v) is 8.26. The number of hydrogen-bond acceptors (Lipinski definition) is 5. The van der Waals surface area contributed by atoms with Crippen molar-refractivity contribution in [3.05, 3.63) is 22.4 Å². The second-order valence-electron chi connectivity index (χ2n) is 5.63. The molecule has 4 nitrogen and oxygen atoms in total. The van der Waals surface area contributed by atoms with Gasteiger partial charge >= 0.3 is 0 Å². The molecule has 0 amide bonds. The van der Waals surface area contributed by atoms with Crippen LogP contribution in [0.2, 0.25) is 0 Å². The average Bonchev–Trinajstić information content (AvgIpc) is 2.99. The van der Waals surface area contributed by atoms with E-state index >= 15 is 0 Å². The molecule has 0 bridgehead atoms. The standard InChI is InChI=1S/C15H25NO3S/c17-12-15(6-2-1-3-7-15)16-9-13(18)10-19-11-14-5-4-8-20-14/h4-5,8,13,16-18H,1-3,6-7,9-12H2. The largest absolute Gasteiger partial charge is 0.394 e. The number of nitrogens with one attached hydrogen (secondary N) is 1. The highest BCUT2D eigenvalue weighted by Crippen LogP contribution is 2.27. The molecule has 114 valence electrons. The molecule has 3 N–H and O–H groups in total. The van der Waals surface area contributed by atoms with Gasteiger partial charge in [-0.05, 0) is 24.3 Å². The Morgan fingerprint density at radius 2 is 2.15 bits per heavy atom. The van der Waals surface area contributed by atoms with Gasteiger partial charge in [-0.2, -0.15) is 0 Å². The minimum atomic E-state index is -0.527. The lowest BCUT2D eigenvalue weighted by Crippen LogP contribution is -2.52. The van der Waals surface area contributed by atoms with Gasteiger partial charge in [0.2, 0.25) is 0 Å². The zero-order chi connectivity index (χ0) is 14.3. The number of aliphatic hydroxyl groups excluding tert-OH is 2. The Labute approximate surface area is 124 Å². The number of β-amino-alcohol motifs (C(OH)–C–C–N with tert-alkyl or cyclic N) is 1. The molecule has 1 unspecified atom stereocenters. The van der Waals surface area contributed by atoms with Gasteiger partial charge in [-0.1, -0.05) is 25.3 Å². The highest BCUT2D eigenvalue weighted by Gasteiger charge is 2.31. The predicted molar refractivity (Wildman–Crippen MR) is 80.9 cm³/mol. The van der Waals surface area contributed by atoms with Gasteiger partial charge in [0.15, 0.2) is 0 Å². The number of thiophene rings is 1. The first-order valence-electron chi connectivity index (χ1n) is 7.38. The molecule has 1 atom stereocenters. The summed E-state index contributed by atoms with van der Waals surface area (Å²) in [7, 11) is 0. The SMILES string of the molecule is OCC1(NCC(O)COCc2cccs2)CCCCC1. The lowest BCUT2D eigenvalue weighted by atomic mass is 9.82. The molecule has 1 aliphatic rings. The summed E-state index contributed by atoms with van der Waals surface area (Å²) in [5, 5.41) is 24.9. The maximum absolute atomic E-state index is 9.95. The van der Waals surface area contributed by atoms with Crippen molar-refractivity contribution in [1.29, 1.82) is 0 Å². The summed E-state index contributed by atoms with van der Waals surface area (Å²) in [6, 6.07) is 4.02. The van der Waals surface area contributed by atoms with E-state index in [0.717, 1.165) is 25.7 Å². The Morgan fingerprint density at radius 3 is 2.80 bits per heavy atom. The monoisotopic (exact) mass is 299 g/mol. The molecule has 1 aromatic rings. The van der Waals surface area contributed by atoms with Gasteiger partial charge in [0.25, 0.3) is 0 Å². The van der Waals surface area contributed by atoms with Gasteiger partial charge in [-0.15, -0.1) is 11.3 Å². The fourth-order valence-electron chi connectivity index (χ4n) is 2.70. The van der Waals surface area contributed by atoms with Crippen LogP contribution >= 0.6 is 11.3 Å². The van der Waals surface area contributed by atoms with Crippen molar-refractivity contribution in [2.75, 3.05) is 19.8 Å². The molecule has 0 aliphatic heterocycles. The fourth-order valence-corrected chi connectivity index (χ4v) is 3.34. The van der Waals surface area contributed by atoms with Gasteiger partial charge in [0.1, 0.15) is 0 Å². The van der Waals surface area contributed by atoms with Gasteiger partial charge in [-0.3, -0.25) is 0 Å². The number of aliphatic hydroxyl groups is 2. The van der Waals surface area contributed by atoms with Crippen molar-refractivity contribution in [3.8, 4) is 0 Å². The number of ether oxygens (including phenoxy) is 1. The molecular weight excluding hydrogens is 274 g/mol. The van der Waals surface area contributed by atoms with Crippen LogP contribution in [0.25, 0.3) is 0 Å². The molecule has 1 aliphatic carbocycles. The third-order valence-corrected chi connectivity index (χ3v) is 4.81. The van der Waals surface area contributed by atoms with Crippen molar-refractivity contribution in [3.63, 3.8) is 0 Å². The summed E-state index contributed by atoms with van der Waals surface area (Å²) >= 11 is 1.66. The van der Waals surface area contributed by atoms with E-state index in [9.17, 15) is 10.2 Å². The molecule has 2 rings (SSSR count). The van der Waals surface area contributed by atoms with Crippen LogP contribution in [0.1, 0.15) is 37.0 Å². The summed E-state index contributed by atoms with van der Waals surface area (Å²) in [5.41, 5.74) is -0.188. The van der Waals surface area contributed by atoms with E-state index in [1.807, 2.05) is 17.5 Å². The Morgan fingerprint density at radius 1 is 1.35 bits per heavy atom. The van der Waals surface area contributed by atoms with E-state index in [2.05, 4.69) is 5.32 Å². The van der Waals surface area contributed by atoms with E-state index in [1.54, 1.807) is 11.3 Å². The molecular formula is C15H25NO3S. The van der Waals surface area contributed by atoms with E-state index in [-0.39, 0.29) is 12.1 Å². The van der Waals surface area contributed by atoms with Crippen molar-refractivity contribution in [1.82, 2.24) is 5.32 Å². The van der Waals surface area contributed by atoms with E-state index in [0.29, 0.717) is 19.8 Å². The zero-order valence-electron chi connectivity index (χ0n) is 11.9. The lowest BCUT2D eigenvalue weighted by molar-refractivity contribution is 0.0194. The lowest BCUT2D eigenvalue weighted by Gasteiger charge is -2.37. The fraction of sp³-hybridized carbons (Fsp3) is 0.733. The van der Waals surface area contributed by atoms with Crippen molar-refractivity contribution < 1.29 is 14.9 Å². The van der Waals surface area contributed by atoms with E-state index in [4.69, 9.17) is 4.74 Å². The molecule has 0 aromatic carbocycles. The van der Waals surface area contributed by atoms with Crippen LogP contribution in [0.5, 0.6) is 0 Å². The van der Waals surface area contributed by atoms with Crippen LogP contribution < -0.4 is 5.32 Å². The molecule has 1 saturated carbocycles. The minimum Gasteiger partial charge on any atom is -0.394 e. The van der Waals surface area contributed by atoms with Crippen molar-refractivity contribution >= 4 is 11.3 Å². The van der Waals surface area contributed by atoms with E-state index in [1.165, 1.54) is 11.3 Å². The van der Waals surface area contributed by atoms with Gasteiger partial charge in [0, 0.05) is 17.0 Å². The van der Waals surface area contributed by atoms with Crippen molar-refractivity contribution in [2.24, 2.45) is 0 Å². The predicted octanol–water partition coefficient (Wildman–Crippen LogP) is 1.91. The molecule has 5 heteroatoms. The van der Waals surface area contributed by atoms with Crippen LogP contribution in [-0.2, 0) is 11.3 Å². The summed E-state index contributed by atoms with van der Waals surface area (Å²) in [4.78, 5) is 1.17. The summed E-state index contributed by atoms with van der Waals surface area (Å²) in [6.45, 7) is 1.51. The summed E-state index contributed by atoms with van der Waals surface area (Å²) in [6.07, 6.45) is 5.01. The minimum absolute atomic E-state index is 0.149. The number of rotatable bonds is 8. The van der Waals surface area contributed by atoms with E-state index < -0.39 is 6.10 Å². The second kappa shape index (κ2) is 8.10. The third-order valence-electron chi connectivity index (χ3n) is 3.96. The molecule has 1 fully saturated rings. The average molecular weight is 299 g/mol. The summed E-state index contributed by atoms with van der Waals surface area (Å²) < 4.78 is 5.50. The van der Waals surface area contributed by atoms with Gasteiger partial charge < -0.3 is 20.3 Å². The van der Waals surface area contributed by atoms with Crippen LogP contribution in [0.4, 0.5) is 0 Å². The molecule has 0 spiro atoms. The Balaban J connectivity index is 1.64. The van der Waals surface area contributed by atoms with Crippen LogP contribution in [0.3, 0.4) is 0 Å². The quantitative estimate of drug-likeness (QED) is 0.686. The first-order chi connectivity index (χ1) is 9.74.